The highest BCUT2D eigenvalue weighted by Gasteiger charge is 2.14. The zero-order valence-electron chi connectivity index (χ0n) is 13.5. The fraction of sp³-hybridized carbons (Fsp3) is 0.471. The van der Waals surface area contributed by atoms with Gasteiger partial charge in [-0.15, -0.1) is 0 Å². The molecule has 0 fully saturated rings. The number of methoxy groups -OCH3 is 2. The maximum absolute atomic E-state index is 5.49. The molecular formula is C17H24N2O2. The van der Waals surface area contributed by atoms with E-state index in [1.54, 1.807) is 14.2 Å². The van der Waals surface area contributed by atoms with E-state index in [0.717, 1.165) is 46.7 Å². The predicted molar refractivity (Wildman–Crippen MR) is 87.7 cm³/mol. The Labute approximate surface area is 126 Å². The molecule has 0 aliphatic rings. The lowest BCUT2D eigenvalue weighted by Gasteiger charge is -2.16. The minimum Gasteiger partial charge on any atom is -0.497 e. The van der Waals surface area contributed by atoms with Gasteiger partial charge in [-0.2, -0.15) is 0 Å². The van der Waals surface area contributed by atoms with Crippen molar-refractivity contribution in [1.82, 2.24) is 4.98 Å². The van der Waals surface area contributed by atoms with E-state index in [9.17, 15) is 0 Å². The molecule has 1 heterocycles. The summed E-state index contributed by atoms with van der Waals surface area (Å²) in [5.41, 5.74) is 3.02. The summed E-state index contributed by atoms with van der Waals surface area (Å²) in [6, 6.07) is 6.01. The van der Waals surface area contributed by atoms with Gasteiger partial charge in [0.2, 0.25) is 0 Å². The Hall–Kier alpha value is -1.97. The maximum atomic E-state index is 5.49. The van der Waals surface area contributed by atoms with Crippen LogP contribution in [-0.2, 0) is 0 Å². The Morgan fingerprint density at radius 1 is 1.14 bits per heavy atom. The van der Waals surface area contributed by atoms with Crippen LogP contribution in [0.3, 0.4) is 0 Å². The molecule has 0 amide bonds. The maximum Gasteiger partial charge on any atom is 0.148 e. The smallest absolute Gasteiger partial charge is 0.148 e. The lowest BCUT2D eigenvalue weighted by Crippen LogP contribution is -2.04. The molecule has 0 unspecified atom stereocenters. The van der Waals surface area contributed by atoms with Crippen LogP contribution < -0.4 is 14.8 Å². The number of ether oxygens (including phenoxy) is 2. The predicted octanol–water partition coefficient (Wildman–Crippen LogP) is 4.20. The number of benzene rings is 1. The van der Waals surface area contributed by atoms with E-state index in [2.05, 4.69) is 32.2 Å². The van der Waals surface area contributed by atoms with Crippen LogP contribution in [0.1, 0.15) is 38.8 Å². The van der Waals surface area contributed by atoms with Crippen molar-refractivity contribution in [2.24, 2.45) is 0 Å². The van der Waals surface area contributed by atoms with Gasteiger partial charge in [0.15, 0.2) is 0 Å². The molecule has 2 aromatic rings. The highest BCUT2D eigenvalue weighted by atomic mass is 16.5. The molecule has 1 aromatic carbocycles. The average Bonchev–Trinajstić information content (AvgIpc) is 2.50. The minimum atomic E-state index is 0.364. The first kappa shape index (κ1) is 15.4. The van der Waals surface area contributed by atoms with Gasteiger partial charge in [0.1, 0.15) is 17.0 Å². The van der Waals surface area contributed by atoms with E-state index in [1.807, 2.05) is 12.1 Å². The second kappa shape index (κ2) is 6.66. The summed E-state index contributed by atoms with van der Waals surface area (Å²) < 4.78 is 10.9. The number of fused-ring (bicyclic) bond motifs is 1. The molecule has 0 aliphatic heterocycles. The zero-order chi connectivity index (χ0) is 15.4. The summed E-state index contributed by atoms with van der Waals surface area (Å²) in [5.74, 6) is 1.88. The molecule has 0 spiro atoms. The molecule has 0 atom stereocenters. The number of hydrogen-bond donors (Lipinski definition) is 1. The first-order chi connectivity index (χ1) is 10.1. The van der Waals surface area contributed by atoms with Crippen LogP contribution >= 0.6 is 0 Å². The summed E-state index contributed by atoms with van der Waals surface area (Å²) in [7, 11) is 3.33. The Bertz CT molecular complexity index is 624. The van der Waals surface area contributed by atoms with Gasteiger partial charge in [0.25, 0.3) is 0 Å². The summed E-state index contributed by atoms with van der Waals surface area (Å²) in [6.45, 7) is 7.37. The zero-order valence-corrected chi connectivity index (χ0v) is 13.5. The summed E-state index contributed by atoms with van der Waals surface area (Å²) >= 11 is 0. The Kier molecular flexibility index (Phi) is 4.89. The van der Waals surface area contributed by atoms with E-state index >= 15 is 0 Å². The van der Waals surface area contributed by atoms with Crippen LogP contribution in [0, 0.1) is 0 Å². The molecule has 1 aromatic heterocycles. The Morgan fingerprint density at radius 2 is 1.90 bits per heavy atom. The molecule has 0 bridgehead atoms. The average molecular weight is 288 g/mol. The highest BCUT2D eigenvalue weighted by molar-refractivity contribution is 5.96. The monoisotopic (exact) mass is 288 g/mol. The molecule has 0 radical (unpaired) electrons. The molecule has 21 heavy (non-hydrogen) atoms. The Balaban J connectivity index is 2.70. The van der Waals surface area contributed by atoms with Crippen LogP contribution in [0.2, 0.25) is 0 Å². The van der Waals surface area contributed by atoms with Gasteiger partial charge in [-0.3, -0.25) is 0 Å². The lowest BCUT2D eigenvalue weighted by atomic mass is 10.1. The quantitative estimate of drug-likeness (QED) is 0.865. The molecule has 2 rings (SSSR count). The van der Waals surface area contributed by atoms with Gasteiger partial charge < -0.3 is 14.8 Å². The third-order valence-electron chi connectivity index (χ3n) is 3.48. The van der Waals surface area contributed by atoms with Crippen LogP contribution in [0.15, 0.2) is 18.2 Å². The van der Waals surface area contributed by atoms with Crippen molar-refractivity contribution in [3.63, 3.8) is 0 Å². The lowest BCUT2D eigenvalue weighted by molar-refractivity contribution is 0.397. The van der Waals surface area contributed by atoms with Crippen molar-refractivity contribution in [3.8, 4) is 11.5 Å². The van der Waals surface area contributed by atoms with Gasteiger partial charge in [0, 0.05) is 29.4 Å². The van der Waals surface area contributed by atoms with E-state index < -0.39 is 0 Å². The fourth-order valence-corrected chi connectivity index (χ4v) is 2.27. The fourth-order valence-electron chi connectivity index (χ4n) is 2.27. The normalized spacial score (nSPS) is 11.0. The van der Waals surface area contributed by atoms with Gasteiger partial charge in [-0.1, -0.05) is 20.8 Å². The second-order valence-electron chi connectivity index (χ2n) is 5.40. The summed E-state index contributed by atoms with van der Waals surface area (Å²) in [4.78, 5) is 4.77. The first-order valence-electron chi connectivity index (χ1n) is 7.41. The van der Waals surface area contributed by atoms with E-state index in [0.29, 0.717) is 5.92 Å². The minimum absolute atomic E-state index is 0.364. The van der Waals surface area contributed by atoms with Crippen LogP contribution in [0.25, 0.3) is 10.9 Å². The number of pyridine rings is 1. The summed E-state index contributed by atoms with van der Waals surface area (Å²) in [5, 5.41) is 4.52. The molecule has 114 valence electrons. The number of rotatable bonds is 6. The molecule has 1 N–H and O–H groups in total. The van der Waals surface area contributed by atoms with Gasteiger partial charge >= 0.3 is 0 Å². The van der Waals surface area contributed by atoms with Crippen molar-refractivity contribution in [2.75, 3.05) is 26.1 Å². The number of nitrogens with zero attached hydrogens (tertiary/aromatic N) is 1. The summed E-state index contributed by atoms with van der Waals surface area (Å²) in [6.07, 6.45) is 1.07. The van der Waals surface area contributed by atoms with Crippen molar-refractivity contribution < 1.29 is 9.47 Å². The molecule has 0 saturated carbocycles. The molecule has 4 heteroatoms. The Morgan fingerprint density at radius 3 is 2.48 bits per heavy atom. The highest BCUT2D eigenvalue weighted by Crippen LogP contribution is 2.35. The van der Waals surface area contributed by atoms with Gasteiger partial charge in [0.05, 0.1) is 14.2 Å². The number of anilines is 1. The van der Waals surface area contributed by atoms with Crippen LogP contribution in [-0.4, -0.2) is 25.7 Å². The van der Waals surface area contributed by atoms with Crippen molar-refractivity contribution >= 4 is 16.6 Å². The van der Waals surface area contributed by atoms with Crippen LogP contribution in [0.5, 0.6) is 11.5 Å². The van der Waals surface area contributed by atoms with Crippen molar-refractivity contribution in [2.45, 2.75) is 33.1 Å². The van der Waals surface area contributed by atoms with E-state index in [4.69, 9.17) is 14.5 Å². The molecule has 0 aliphatic carbocycles. The second-order valence-corrected chi connectivity index (χ2v) is 5.40. The SMILES string of the molecule is CCCNc1cc(C(C)C)nc2c(OC)cc(OC)cc12. The number of nitrogens with one attached hydrogen (secondary N) is 1. The molecule has 0 saturated heterocycles. The van der Waals surface area contributed by atoms with E-state index in [1.165, 1.54) is 0 Å². The van der Waals surface area contributed by atoms with E-state index in [-0.39, 0.29) is 0 Å². The first-order valence-corrected chi connectivity index (χ1v) is 7.41. The number of aromatic nitrogens is 1. The standard InChI is InChI=1S/C17H24N2O2/c1-6-7-18-15-10-14(11(2)3)19-17-13(15)8-12(20-4)9-16(17)21-5/h8-11H,6-7H2,1-5H3,(H,18,19). The van der Waals surface area contributed by atoms with Crippen molar-refractivity contribution in [1.29, 1.82) is 0 Å². The van der Waals surface area contributed by atoms with Crippen LogP contribution in [0.4, 0.5) is 5.69 Å². The van der Waals surface area contributed by atoms with Crippen molar-refractivity contribution in [3.05, 3.63) is 23.9 Å². The third-order valence-corrected chi connectivity index (χ3v) is 3.48. The topological polar surface area (TPSA) is 43.4 Å². The molecular weight excluding hydrogens is 264 g/mol. The third kappa shape index (κ3) is 3.20. The molecule has 4 nitrogen and oxygen atoms in total. The van der Waals surface area contributed by atoms with Gasteiger partial charge in [-0.25, -0.2) is 4.98 Å². The van der Waals surface area contributed by atoms with Gasteiger partial charge in [-0.05, 0) is 24.5 Å². The number of hydrogen-bond acceptors (Lipinski definition) is 4. The largest absolute Gasteiger partial charge is 0.497 e.